The summed E-state index contributed by atoms with van der Waals surface area (Å²) in [7, 11) is 0. The van der Waals surface area contributed by atoms with Crippen molar-refractivity contribution in [1.29, 1.82) is 0 Å². The summed E-state index contributed by atoms with van der Waals surface area (Å²) in [6.07, 6.45) is 9.48. The van der Waals surface area contributed by atoms with Crippen LogP contribution in [0, 0.1) is 17.8 Å². The second-order valence-electron chi connectivity index (χ2n) is 8.37. The number of carboxylic acid groups (broad SMARTS) is 1. The highest BCUT2D eigenvalue weighted by molar-refractivity contribution is 5.71. The summed E-state index contributed by atoms with van der Waals surface area (Å²) in [4.78, 5) is 12.4. The van der Waals surface area contributed by atoms with Crippen LogP contribution in [-0.4, -0.2) is 11.1 Å². The van der Waals surface area contributed by atoms with Gasteiger partial charge >= 0.3 is 5.97 Å². The maximum absolute atomic E-state index is 12.4. The van der Waals surface area contributed by atoms with Crippen LogP contribution in [0.5, 0.6) is 0 Å². The molecule has 2 rings (SSSR count). The van der Waals surface area contributed by atoms with Crippen molar-refractivity contribution in [3.63, 3.8) is 0 Å². The van der Waals surface area contributed by atoms with Gasteiger partial charge in [-0.15, -0.1) is 0 Å². The number of carboxylic acids is 1. The Morgan fingerprint density at radius 3 is 1.90 bits per heavy atom. The van der Waals surface area contributed by atoms with E-state index in [0.29, 0.717) is 12.3 Å². The second kappa shape index (κ2) is 13.2. The molecular formula is C27H38O2. The maximum atomic E-state index is 12.4. The number of rotatable bonds is 14. The monoisotopic (exact) mass is 394 g/mol. The first-order chi connectivity index (χ1) is 14.2. The van der Waals surface area contributed by atoms with Crippen LogP contribution in [0.25, 0.3) is 0 Å². The van der Waals surface area contributed by atoms with Crippen molar-refractivity contribution in [2.45, 2.75) is 71.6 Å². The molecule has 0 aliphatic heterocycles. The van der Waals surface area contributed by atoms with Crippen molar-refractivity contribution in [2.75, 3.05) is 0 Å². The van der Waals surface area contributed by atoms with E-state index in [1.807, 2.05) is 18.2 Å². The summed E-state index contributed by atoms with van der Waals surface area (Å²) >= 11 is 0. The van der Waals surface area contributed by atoms with Gasteiger partial charge in [0.15, 0.2) is 0 Å². The van der Waals surface area contributed by atoms with Gasteiger partial charge in [0, 0.05) is 0 Å². The highest BCUT2D eigenvalue weighted by Gasteiger charge is 2.33. The van der Waals surface area contributed by atoms with Gasteiger partial charge in [0.25, 0.3) is 0 Å². The molecule has 0 bridgehead atoms. The zero-order valence-corrected chi connectivity index (χ0v) is 18.2. The van der Waals surface area contributed by atoms with Crippen LogP contribution >= 0.6 is 0 Å². The molecule has 158 valence electrons. The molecule has 0 aliphatic rings. The topological polar surface area (TPSA) is 37.3 Å². The van der Waals surface area contributed by atoms with Crippen molar-refractivity contribution in [3.05, 3.63) is 71.8 Å². The Morgan fingerprint density at radius 1 is 0.793 bits per heavy atom. The number of unbranched alkanes of at least 4 members (excludes halogenated alkanes) is 2. The molecule has 0 radical (unpaired) electrons. The van der Waals surface area contributed by atoms with Crippen LogP contribution in [0.1, 0.15) is 69.9 Å². The van der Waals surface area contributed by atoms with E-state index in [4.69, 9.17) is 0 Å². The number of aliphatic carboxylic acids is 1. The molecule has 0 fully saturated rings. The summed E-state index contributed by atoms with van der Waals surface area (Å²) in [5, 5.41) is 10.2. The van der Waals surface area contributed by atoms with Crippen LogP contribution in [0.3, 0.4) is 0 Å². The molecule has 2 aromatic rings. The Labute approximate surface area is 177 Å². The van der Waals surface area contributed by atoms with E-state index >= 15 is 0 Å². The normalized spacial score (nSPS) is 14.3. The highest BCUT2D eigenvalue weighted by Crippen LogP contribution is 2.36. The molecule has 3 atom stereocenters. The smallest absolute Gasteiger partial charge is 0.307 e. The van der Waals surface area contributed by atoms with Gasteiger partial charge in [0.05, 0.1) is 5.92 Å². The van der Waals surface area contributed by atoms with Crippen molar-refractivity contribution in [3.8, 4) is 0 Å². The minimum Gasteiger partial charge on any atom is -0.481 e. The van der Waals surface area contributed by atoms with Gasteiger partial charge in [-0.2, -0.15) is 0 Å². The lowest BCUT2D eigenvalue weighted by atomic mass is 9.72. The molecule has 0 saturated heterocycles. The van der Waals surface area contributed by atoms with Gasteiger partial charge in [0.1, 0.15) is 0 Å². The van der Waals surface area contributed by atoms with E-state index in [1.165, 1.54) is 18.4 Å². The molecule has 2 nitrogen and oxygen atoms in total. The largest absolute Gasteiger partial charge is 0.481 e. The second-order valence-corrected chi connectivity index (χ2v) is 8.37. The molecule has 29 heavy (non-hydrogen) atoms. The first-order valence-electron chi connectivity index (χ1n) is 11.5. The first kappa shape index (κ1) is 23.2. The number of aryl methyl sites for hydroxylation is 1. The Kier molecular flexibility index (Phi) is 10.5. The maximum Gasteiger partial charge on any atom is 0.307 e. The molecule has 2 aromatic carbocycles. The summed E-state index contributed by atoms with van der Waals surface area (Å²) in [5.41, 5.74) is 2.50. The summed E-state index contributed by atoms with van der Waals surface area (Å²) in [6.45, 7) is 4.43. The molecule has 0 saturated carbocycles. The van der Waals surface area contributed by atoms with Gasteiger partial charge < -0.3 is 5.11 Å². The predicted molar refractivity (Wildman–Crippen MR) is 122 cm³/mol. The molecule has 0 heterocycles. The molecule has 0 spiro atoms. The molecule has 0 amide bonds. The molecule has 2 heteroatoms. The quantitative estimate of drug-likeness (QED) is 0.368. The Morgan fingerprint density at radius 2 is 1.34 bits per heavy atom. The third-order valence-electron chi connectivity index (χ3n) is 6.20. The zero-order valence-electron chi connectivity index (χ0n) is 18.2. The van der Waals surface area contributed by atoms with Crippen molar-refractivity contribution >= 4 is 5.97 Å². The SMILES string of the molecule is CCCCC(CCc1ccccc1)C(CCCC)C(Cc1ccccc1)C(=O)O. The number of benzene rings is 2. The summed E-state index contributed by atoms with van der Waals surface area (Å²) in [5.74, 6) is -0.229. The lowest BCUT2D eigenvalue weighted by molar-refractivity contribution is -0.144. The number of carbonyl (C=O) groups is 1. The molecule has 1 N–H and O–H groups in total. The average Bonchev–Trinajstić information content (AvgIpc) is 2.75. The van der Waals surface area contributed by atoms with E-state index in [0.717, 1.165) is 44.1 Å². The summed E-state index contributed by atoms with van der Waals surface area (Å²) < 4.78 is 0. The van der Waals surface area contributed by atoms with Gasteiger partial charge in [0.2, 0.25) is 0 Å². The van der Waals surface area contributed by atoms with Gasteiger partial charge in [-0.05, 0) is 48.6 Å². The Hall–Kier alpha value is -2.09. The van der Waals surface area contributed by atoms with Crippen LogP contribution < -0.4 is 0 Å². The lowest BCUT2D eigenvalue weighted by Gasteiger charge is -2.32. The fourth-order valence-corrected chi connectivity index (χ4v) is 4.53. The van der Waals surface area contributed by atoms with Crippen LogP contribution in [0.2, 0.25) is 0 Å². The van der Waals surface area contributed by atoms with Gasteiger partial charge in [-0.3, -0.25) is 4.79 Å². The van der Waals surface area contributed by atoms with E-state index < -0.39 is 5.97 Å². The number of hydrogen-bond acceptors (Lipinski definition) is 1. The van der Waals surface area contributed by atoms with E-state index in [1.54, 1.807) is 0 Å². The van der Waals surface area contributed by atoms with Gasteiger partial charge in [-0.1, -0.05) is 107 Å². The zero-order chi connectivity index (χ0) is 20.9. The first-order valence-corrected chi connectivity index (χ1v) is 11.5. The minimum atomic E-state index is -0.629. The predicted octanol–water partition coefficient (Wildman–Crippen LogP) is 7.18. The number of hydrogen-bond donors (Lipinski definition) is 1. The van der Waals surface area contributed by atoms with Gasteiger partial charge in [-0.25, -0.2) is 0 Å². The molecule has 0 aromatic heterocycles. The molecule has 0 aliphatic carbocycles. The lowest BCUT2D eigenvalue weighted by Crippen LogP contribution is -2.32. The summed E-state index contributed by atoms with van der Waals surface area (Å²) in [6, 6.07) is 20.8. The highest BCUT2D eigenvalue weighted by atomic mass is 16.4. The van der Waals surface area contributed by atoms with Crippen LogP contribution in [0.4, 0.5) is 0 Å². The Bertz CT molecular complexity index is 680. The van der Waals surface area contributed by atoms with Crippen molar-refractivity contribution in [2.24, 2.45) is 17.8 Å². The average molecular weight is 395 g/mol. The fourth-order valence-electron chi connectivity index (χ4n) is 4.53. The fraction of sp³-hybridized carbons (Fsp3) is 0.519. The van der Waals surface area contributed by atoms with Crippen molar-refractivity contribution in [1.82, 2.24) is 0 Å². The van der Waals surface area contributed by atoms with Crippen molar-refractivity contribution < 1.29 is 9.90 Å². The third kappa shape index (κ3) is 8.04. The Balaban J connectivity index is 2.21. The van der Waals surface area contributed by atoms with Crippen LogP contribution in [-0.2, 0) is 17.6 Å². The standard InChI is InChI=1S/C27H38O2/c1-3-5-17-24(20-19-22-13-9-7-10-14-22)25(18-6-4-2)26(27(28)29)21-23-15-11-8-12-16-23/h7-16,24-26H,3-6,17-21H2,1-2H3,(H,28,29). The van der Waals surface area contributed by atoms with Crippen LogP contribution in [0.15, 0.2) is 60.7 Å². The van der Waals surface area contributed by atoms with E-state index in [2.05, 4.69) is 56.3 Å². The van der Waals surface area contributed by atoms with E-state index in [9.17, 15) is 9.90 Å². The van der Waals surface area contributed by atoms with E-state index in [-0.39, 0.29) is 11.8 Å². The molecular weight excluding hydrogens is 356 g/mol. The third-order valence-corrected chi connectivity index (χ3v) is 6.20. The minimum absolute atomic E-state index is 0.239. The molecule has 3 unspecified atom stereocenters.